The number of hydrogen-bond acceptors (Lipinski definition) is 4. The summed E-state index contributed by atoms with van der Waals surface area (Å²) < 4.78 is 7.45. The zero-order valence-corrected chi connectivity index (χ0v) is 11.8. The van der Waals surface area contributed by atoms with Gasteiger partial charge in [-0.15, -0.1) is 0 Å². The molecule has 0 radical (unpaired) electrons. The molecule has 1 aromatic heterocycles. The second kappa shape index (κ2) is 5.17. The lowest BCUT2D eigenvalue weighted by Gasteiger charge is -2.11. The number of phenols is 1. The van der Waals surface area contributed by atoms with Crippen molar-refractivity contribution < 1.29 is 9.84 Å². The van der Waals surface area contributed by atoms with E-state index in [0.29, 0.717) is 6.61 Å². The van der Waals surface area contributed by atoms with E-state index >= 15 is 0 Å². The fourth-order valence-electron chi connectivity index (χ4n) is 2.63. The van der Waals surface area contributed by atoms with Gasteiger partial charge >= 0.3 is 0 Å². The zero-order chi connectivity index (χ0) is 14.1. The molecule has 1 aliphatic heterocycles. The van der Waals surface area contributed by atoms with Crippen molar-refractivity contribution in [1.82, 2.24) is 15.1 Å². The van der Waals surface area contributed by atoms with Crippen molar-refractivity contribution in [2.24, 2.45) is 7.05 Å². The van der Waals surface area contributed by atoms with Gasteiger partial charge in [-0.3, -0.25) is 4.68 Å². The summed E-state index contributed by atoms with van der Waals surface area (Å²) >= 11 is 0. The van der Waals surface area contributed by atoms with Crippen molar-refractivity contribution in [2.45, 2.75) is 25.9 Å². The number of nitrogens with one attached hydrogen (secondary N) is 1. The molecule has 0 spiro atoms. The molecule has 0 bridgehead atoms. The largest absolute Gasteiger partial charge is 0.508 e. The van der Waals surface area contributed by atoms with Crippen molar-refractivity contribution in [2.75, 3.05) is 6.61 Å². The highest BCUT2D eigenvalue weighted by atomic mass is 16.5. The van der Waals surface area contributed by atoms with Crippen LogP contribution in [-0.2, 0) is 20.0 Å². The maximum Gasteiger partial charge on any atom is 0.127 e. The van der Waals surface area contributed by atoms with Crippen molar-refractivity contribution in [3.05, 3.63) is 41.2 Å². The molecule has 1 atom stereocenters. The lowest BCUT2D eigenvalue weighted by Crippen LogP contribution is -2.22. The van der Waals surface area contributed by atoms with E-state index in [4.69, 9.17) is 4.74 Å². The molecule has 5 heteroatoms. The smallest absolute Gasteiger partial charge is 0.127 e. The molecule has 0 fully saturated rings. The number of phenolic OH excluding ortho intramolecular Hbond substituents is 1. The SMILES string of the molecule is CCc1nn(C)cc1CNC1COc2cc(O)ccc21. The third-order valence-electron chi connectivity index (χ3n) is 3.64. The Morgan fingerprint density at radius 2 is 2.35 bits per heavy atom. The molecule has 2 N–H and O–H groups in total. The Bertz CT molecular complexity index is 622. The minimum Gasteiger partial charge on any atom is -0.508 e. The third-order valence-corrected chi connectivity index (χ3v) is 3.64. The number of benzene rings is 1. The van der Waals surface area contributed by atoms with Gasteiger partial charge in [-0.2, -0.15) is 5.10 Å². The molecular weight excluding hydrogens is 254 g/mol. The van der Waals surface area contributed by atoms with Crippen LogP contribution in [0.25, 0.3) is 0 Å². The summed E-state index contributed by atoms with van der Waals surface area (Å²) in [6, 6.07) is 5.44. The van der Waals surface area contributed by atoms with Crippen LogP contribution in [0.3, 0.4) is 0 Å². The molecule has 0 saturated carbocycles. The monoisotopic (exact) mass is 273 g/mol. The van der Waals surface area contributed by atoms with Gasteiger partial charge in [0.15, 0.2) is 0 Å². The lowest BCUT2D eigenvalue weighted by molar-refractivity contribution is 0.309. The third kappa shape index (κ3) is 2.36. The van der Waals surface area contributed by atoms with Gasteiger partial charge < -0.3 is 15.2 Å². The second-order valence-electron chi connectivity index (χ2n) is 5.09. The number of aromatic hydroxyl groups is 1. The standard InChI is InChI=1S/C15H19N3O2/c1-3-13-10(8-18(2)17-13)7-16-14-9-20-15-6-11(19)4-5-12(14)15/h4-6,8,14,16,19H,3,7,9H2,1-2H3. The van der Waals surface area contributed by atoms with Crippen LogP contribution in [0, 0.1) is 0 Å². The Morgan fingerprint density at radius 1 is 1.50 bits per heavy atom. The van der Waals surface area contributed by atoms with Gasteiger partial charge in [0.2, 0.25) is 0 Å². The van der Waals surface area contributed by atoms with Gasteiger partial charge in [-0.05, 0) is 18.6 Å². The molecule has 1 unspecified atom stereocenters. The maximum absolute atomic E-state index is 9.45. The van der Waals surface area contributed by atoms with Gasteiger partial charge in [-0.1, -0.05) is 6.92 Å². The fourth-order valence-corrected chi connectivity index (χ4v) is 2.63. The van der Waals surface area contributed by atoms with Gasteiger partial charge in [0.25, 0.3) is 0 Å². The lowest BCUT2D eigenvalue weighted by atomic mass is 10.1. The predicted molar refractivity (Wildman–Crippen MR) is 75.8 cm³/mol. The van der Waals surface area contributed by atoms with Crippen LogP contribution >= 0.6 is 0 Å². The summed E-state index contributed by atoms with van der Waals surface area (Å²) in [5.41, 5.74) is 3.46. The Morgan fingerprint density at radius 3 is 3.15 bits per heavy atom. The molecule has 2 aromatic rings. The highest BCUT2D eigenvalue weighted by Gasteiger charge is 2.24. The molecule has 0 amide bonds. The Hall–Kier alpha value is -2.01. The summed E-state index contributed by atoms with van der Waals surface area (Å²) in [6.45, 7) is 3.48. The first-order chi connectivity index (χ1) is 9.67. The average molecular weight is 273 g/mol. The van der Waals surface area contributed by atoms with Crippen LogP contribution in [0.5, 0.6) is 11.5 Å². The quantitative estimate of drug-likeness (QED) is 0.893. The van der Waals surface area contributed by atoms with E-state index in [9.17, 15) is 5.11 Å². The highest BCUT2D eigenvalue weighted by molar-refractivity contribution is 5.44. The van der Waals surface area contributed by atoms with Crippen molar-refractivity contribution in [3.63, 3.8) is 0 Å². The van der Waals surface area contributed by atoms with E-state index in [1.807, 2.05) is 17.8 Å². The zero-order valence-electron chi connectivity index (χ0n) is 11.8. The minimum absolute atomic E-state index is 0.163. The first kappa shape index (κ1) is 13.0. The van der Waals surface area contributed by atoms with Crippen LogP contribution < -0.4 is 10.1 Å². The van der Waals surface area contributed by atoms with Crippen LogP contribution in [0.4, 0.5) is 0 Å². The first-order valence-corrected chi connectivity index (χ1v) is 6.88. The normalized spacial score (nSPS) is 17.0. The first-order valence-electron chi connectivity index (χ1n) is 6.88. The topological polar surface area (TPSA) is 59.3 Å². The minimum atomic E-state index is 0.163. The highest BCUT2D eigenvalue weighted by Crippen LogP contribution is 2.34. The molecule has 106 valence electrons. The van der Waals surface area contributed by atoms with Crippen molar-refractivity contribution in [1.29, 1.82) is 0 Å². The van der Waals surface area contributed by atoms with E-state index in [1.165, 1.54) is 5.56 Å². The summed E-state index contributed by atoms with van der Waals surface area (Å²) in [7, 11) is 1.94. The number of aromatic nitrogens is 2. The van der Waals surface area contributed by atoms with Gasteiger partial charge in [0.05, 0.1) is 11.7 Å². The molecule has 20 heavy (non-hydrogen) atoms. The Kier molecular flexibility index (Phi) is 3.36. The summed E-state index contributed by atoms with van der Waals surface area (Å²) in [5, 5.41) is 17.4. The summed E-state index contributed by atoms with van der Waals surface area (Å²) in [6.07, 6.45) is 2.99. The molecule has 1 aromatic carbocycles. The fraction of sp³-hybridized carbons (Fsp3) is 0.400. The van der Waals surface area contributed by atoms with Crippen molar-refractivity contribution in [3.8, 4) is 11.5 Å². The summed E-state index contributed by atoms with van der Waals surface area (Å²) in [5.74, 6) is 1.01. The summed E-state index contributed by atoms with van der Waals surface area (Å²) in [4.78, 5) is 0. The van der Waals surface area contributed by atoms with E-state index in [1.54, 1.807) is 12.1 Å². The van der Waals surface area contributed by atoms with Gasteiger partial charge in [0.1, 0.15) is 18.1 Å². The molecule has 1 aliphatic rings. The van der Waals surface area contributed by atoms with Crippen molar-refractivity contribution >= 4 is 0 Å². The number of rotatable bonds is 4. The van der Waals surface area contributed by atoms with E-state index < -0.39 is 0 Å². The number of ether oxygens (including phenoxy) is 1. The molecular formula is C15H19N3O2. The average Bonchev–Trinajstić information content (AvgIpc) is 2.99. The molecule has 2 heterocycles. The molecule has 5 nitrogen and oxygen atoms in total. The molecule has 0 saturated heterocycles. The number of aryl methyl sites for hydroxylation is 2. The predicted octanol–water partition coefficient (Wildman–Crippen LogP) is 1.91. The number of nitrogens with zero attached hydrogens (tertiary/aromatic N) is 2. The van der Waals surface area contributed by atoms with E-state index in [0.717, 1.165) is 30.0 Å². The second-order valence-corrected chi connectivity index (χ2v) is 5.09. The Labute approximate surface area is 118 Å². The maximum atomic E-state index is 9.45. The van der Waals surface area contributed by atoms with E-state index in [-0.39, 0.29) is 11.8 Å². The van der Waals surface area contributed by atoms with Crippen LogP contribution in [-0.4, -0.2) is 21.5 Å². The van der Waals surface area contributed by atoms with Gasteiger partial charge in [-0.25, -0.2) is 0 Å². The number of hydrogen-bond donors (Lipinski definition) is 2. The molecule has 3 rings (SSSR count). The Balaban J connectivity index is 1.71. The van der Waals surface area contributed by atoms with Crippen LogP contribution in [0.1, 0.15) is 29.8 Å². The van der Waals surface area contributed by atoms with Gasteiger partial charge in [0, 0.05) is 37.0 Å². The van der Waals surface area contributed by atoms with Crippen LogP contribution in [0.2, 0.25) is 0 Å². The molecule has 0 aliphatic carbocycles. The number of fused-ring (bicyclic) bond motifs is 1. The van der Waals surface area contributed by atoms with E-state index in [2.05, 4.69) is 23.5 Å². The van der Waals surface area contributed by atoms with Crippen LogP contribution in [0.15, 0.2) is 24.4 Å².